The second-order valence-corrected chi connectivity index (χ2v) is 6.47. The highest BCUT2D eigenvalue weighted by molar-refractivity contribution is 7.16. The standard InChI is InChI=1S/C12H13ClN2OS/c1-6(13)9-14-10(16)8-7(12(2)3-4-12)5-17-11(8)15-9/h5-6H,3-4H2,1-2H3,(H,14,15,16). The van der Waals surface area contributed by atoms with E-state index in [1.165, 1.54) is 11.3 Å². The molecule has 2 aromatic rings. The Balaban J connectivity index is 2.27. The van der Waals surface area contributed by atoms with Crippen molar-refractivity contribution in [2.45, 2.75) is 37.5 Å². The molecule has 1 aliphatic rings. The van der Waals surface area contributed by atoms with Crippen LogP contribution >= 0.6 is 22.9 Å². The molecule has 90 valence electrons. The van der Waals surface area contributed by atoms with Gasteiger partial charge in [-0.25, -0.2) is 4.98 Å². The fourth-order valence-electron chi connectivity index (χ4n) is 2.05. The summed E-state index contributed by atoms with van der Waals surface area (Å²) in [5.41, 5.74) is 1.29. The van der Waals surface area contributed by atoms with E-state index < -0.39 is 0 Å². The van der Waals surface area contributed by atoms with Gasteiger partial charge in [-0.1, -0.05) is 6.92 Å². The normalized spacial score (nSPS) is 19.5. The summed E-state index contributed by atoms with van der Waals surface area (Å²) in [6.45, 7) is 4.01. The molecule has 5 heteroatoms. The van der Waals surface area contributed by atoms with Crippen molar-refractivity contribution in [1.82, 2.24) is 9.97 Å². The van der Waals surface area contributed by atoms with Crippen molar-refractivity contribution in [1.29, 1.82) is 0 Å². The minimum atomic E-state index is -0.269. The van der Waals surface area contributed by atoms with Crippen LogP contribution in [-0.4, -0.2) is 9.97 Å². The number of hydrogen-bond acceptors (Lipinski definition) is 3. The molecular formula is C12H13ClN2OS. The molecule has 0 bridgehead atoms. The highest BCUT2D eigenvalue weighted by Crippen LogP contribution is 2.50. The molecule has 1 saturated carbocycles. The van der Waals surface area contributed by atoms with E-state index in [1.807, 2.05) is 6.92 Å². The van der Waals surface area contributed by atoms with E-state index in [0.717, 1.165) is 28.6 Å². The van der Waals surface area contributed by atoms with Gasteiger partial charge in [0, 0.05) is 0 Å². The number of rotatable bonds is 2. The number of nitrogens with zero attached hydrogens (tertiary/aromatic N) is 1. The fourth-order valence-corrected chi connectivity index (χ4v) is 3.26. The molecular weight excluding hydrogens is 256 g/mol. The highest BCUT2D eigenvalue weighted by atomic mass is 35.5. The average Bonchev–Trinajstić information content (AvgIpc) is 2.86. The van der Waals surface area contributed by atoms with Crippen molar-refractivity contribution in [2.24, 2.45) is 0 Å². The second kappa shape index (κ2) is 3.56. The van der Waals surface area contributed by atoms with Gasteiger partial charge in [0.05, 0.1) is 10.8 Å². The molecule has 3 rings (SSSR count). The zero-order valence-corrected chi connectivity index (χ0v) is 11.3. The Morgan fingerprint density at radius 3 is 2.88 bits per heavy atom. The van der Waals surface area contributed by atoms with Crippen molar-refractivity contribution >= 4 is 33.2 Å². The lowest BCUT2D eigenvalue weighted by Gasteiger charge is -2.06. The van der Waals surface area contributed by atoms with E-state index in [-0.39, 0.29) is 16.4 Å². The topological polar surface area (TPSA) is 45.8 Å². The summed E-state index contributed by atoms with van der Waals surface area (Å²) < 4.78 is 0. The number of aromatic amines is 1. The van der Waals surface area contributed by atoms with Crippen LogP contribution in [0.4, 0.5) is 0 Å². The molecule has 0 aromatic carbocycles. The zero-order chi connectivity index (χ0) is 12.2. The number of fused-ring (bicyclic) bond motifs is 1. The van der Waals surface area contributed by atoms with E-state index >= 15 is 0 Å². The van der Waals surface area contributed by atoms with Crippen LogP contribution in [0.1, 0.15) is 43.5 Å². The number of thiophene rings is 1. The second-order valence-electron chi connectivity index (χ2n) is 4.96. The first-order valence-corrected chi connectivity index (χ1v) is 6.99. The maximum Gasteiger partial charge on any atom is 0.259 e. The Morgan fingerprint density at radius 1 is 1.59 bits per heavy atom. The summed E-state index contributed by atoms with van der Waals surface area (Å²) in [5.74, 6) is 0.554. The Labute approximate surface area is 108 Å². The third-order valence-corrected chi connectivity index (χ3v) is 4.57. The largest absolute Gasteiger partial charge is 0.309 e. The SMILES string of the molecule is CC(Cl)c1nc2scc(C3(C)CC3)c2c(=O)[nH]1. The fraction of sp³-hybridized carbons (Fsp3) is 0.500. The molecule has 1 atom stereocenters. The molecule has 0 spiro atoms. The van der Waals surface area contributed by atoms with E-state index in [2.05, 4.69) is 22.3 Å². The van der Waals surface area contributed by atoms with Crippen LogP contribution in [0.2, 0.25) is 0 Å². The van der Waals surface area contributed by atoms with E-state index in [0.29, 0.717) is 5.82 Å². The van der Waals surface area contributed by atoms with Gasteiger partial charge in [0.1, 0.15) is 10.7 Å². The molecule has 0 amide bonds. The van der Waals surface area contributed by atoms with Gasteiger partial charge >= 0.3 is 0 Å². The van der Waals surface area contributed by atoms with Crippen LogP contribution in [-0.2, 0) is 5.41 Å². The summed E-state index contributed by atoms with van der Waals surface area (Å²) in [5, 5.41) is 2.56. The van der Waals surface area contributed by atoms with Crippen molar-refractivity contribution in [2.75, 3.05) is 0 Å². The van der Waals surface area contributed by atoms with Gasteiger partial charge in [-0.05, 0) is 36.1 Å². The maximum absolute atomic E-state index is 12.1. The maximum atomic E-state index is 12.1. The summed E-state index contributed by atoms with van der Waals surface area (Å²) in [6, 6.07) is 0. The lowest BCUT2D eigenvalue weighted by Crippen LogP contribution is -2.14. The average molecular weight is 269 g/mol. The summed E-state index contributed by atoms with van der Waals surface area (Å²) >= 11 is 7.49. The first kappa shape index (κ1) is 11.2. The molecule has 1 aliphatic carbocycles. The summed E-state index contributed by atoms with van der Waals surface area (Å²) in [6.07, 6.45) is 2.32. The minimum Gasteiger partial charge on any atom is -0.309 e. The molecule has 1 N–H and O–H groups in total. The highest BCUT2D eigenvalue weighted by Gasteiger charge is 2.41. The van der Waals surface area contributed by atoms with E-state index in [9.17, 15) is 4.79 Å². The van der Waals surface area contributed by atoms with Gasteiger partial charge in [0.25, 0.3) is 5.56 Å². The number of halogens is 1. The molecule has 2 aromatic heterocycles. The Hall–Kier alpha value is -0.870. The number of H-pyrrole nitrogens is 1. The minimum absolute atomic E-state index is 0.0538. The van der Waals surface area contributed by atoms with Gasteiger partial charge in [-0.3, -0.25) is 4.79 Å². The number of nitrogens with one attached hydrogen (secondary N) is 1. The zero-order valence-electron chi connectivity index (χ0n) is 9.71. The molecule has 1 fully saturated rings. The van der Waals surface area contributed by atoms with Crippen LogP contribution in [0.3, 0.4) is 0 Å². The van der Waals surface area contributed by atoms with Gasteiger partial charge < -0.3 is 4.98 Å². The monoisotopic (exact) mass is 268 g/mol. The van der Waals surface area contributed by atoms with Crippen LogP contribution in [0.15, 0.2) is 10.2 Å². The van der Waals surface area contributed by atoms with E-state index in [4.69, 9.17) is 11.6 Å². The predicted molar refractivity (Wildman–Crippen MR) is 71.1 cm³/mol. The first-order chi connectivity index (χ1) is 8.01. The van der Waals surface area contributed by atoms with Crippen molar-refractivity contribution in [3.8, 4) is 0 Å². The van der Waals surface area contributed by atoms with E-state index in [1.54, 1.807) is 0 Å². The molecule has 3 nitrogen and oxygen atoms in total. The number of hydrogen-bond donors (Lipinski definition) is 1. The lowest BCUT2D eigenvalue weighted by atomic mass is 9.99. The molecule has 0 radical (unpaired) electrons. The Bertz CT molecular complexity index is 639. The predicted octanol–water partition coefficient (Wildman–Crippen LogP) is 3.34. The van der Waals surface area contributed by atoms with Crippen LogP contribution in [0, 0.1) is 0 Å². The van der Waals surface area contributed by atoms with Gasteiger partial charge in [0.2, 0.25) is 0 Å². The van der Waals surface area contributed by atoms with Gasteiger partial charge in [-0.2, -0.15) is 0 Å². The van der Waals surface area contributed by atoms with Gasteiger partial charge in [0.15, 0.2) is 0 Å². The Morgan fingerprint density at radius 2 is 2.29 bits per heavy atom. The van der Waals surface area contributed by atoms with Crippen LogP contribution in [0.25, 0.3) is 10.2 Å². The summed E-state index contributed by atoms with van der Waals surface area (Å²) in [4.78, 5) is 20.1. The molecule has 0 saturated heterocycles. The lowest BCUT2D eigenvalue weighted by molar-refractivity contribution is 0.797. The Kier molecular flexibility index (Phi) is 2.35. The summed E-state index contributed by atoms with van der Waals surface area (Å²) in [7, 11) is 0. The smallest absolute Gasteiger partial charge is 0.259 e. The van der Waals surface area contributed by atoms with Crippen molar-refractivity contribution < 1.29 is 0 Å². The van der Waals surface area contributed by atoms with Crippen LogP contribution in [0.5, 0.6) is 0 Å². The number of aromatic nitrogens is 2. The van der Waals surface area contributed by atoms with Gasteiger partial charge in [-0.15, -0.1) is 22.9 Å². The first-order valence-electron chi connectivity index (χ1n) is 5.67. The number of alkyl halides is 1. The van der Waals surface area contributed by atoms with Crippen LogP contribution < -0.4 is 5.56 Å². The quantitative estimate of drug-likeness (QED) is 0.849. The molecule has 17 heavy (non-hydrogen) atoms. The molecule has 1 unspecified atom stereocenters. The molecule has 0 aliphatic heterocycles. The van der Waals surface area contributed by atoms with Crippen molar-refractivity contribution in [3.63, 3.8) is 0 Å². The third-order valence-electron chi connectivity index (χ3n) is 3.49. The molecule has 2 heterocycles. The van der Waals surface area contributed by atoms with Crippen molar-refractivity contribution in [3.05, 3.63) is 27.1 Å². The third kappa shape index (κ3) is 1.70.